The van der Waals surface area contributed by atoms with Crippen LogP contribution in [0.2, 0.25) is 4.82 Å². The summed E-state index contributed by atoms with van der Waals surface area (Å²) in [5.41, 5.74) is 2.71. The van der Waals surface area contributed by atoms with Crippen LogP contribution in [-0.2, 0) is 6.54 Å². The Morgan fingerprint density at radius 3 is 1.92 bits per heavy atom. The van der Waals surface area contributed by atoms with Crippen molar-refractivity contribution in [2.75, 3.05) is 0 Å². The van der Waals surface area contributed by atoms with Crippen molar-refractivity contribution in [1.29, 1.82) is 0 Å². The monoisotopic (exact) mass is 381 g/mol. The number of rotatable bonds is 7. The van der Waals surface area contributed by atoms with E-state index in [1.165, 1.54) is 15.6 Å². The van der Waals surface area contributed by atoms with Gasteiger partial charge in [0.1, 0.15) is 0 Å². The minimum absolute atomic E-state index is 0.367. The zero-order valence-corrected chi connectivity index (χ0v) is 15.6. The molecule has 3 aromatic carbocycles. The number of hydrogen-bond acceptors (Lipinski definition) is 1. The average Bonchev–Trinajstić information content (AvgIpc) is 2.64. The predicted octanol–water partition coefficient (Wildman–Crippen LogP) is 4.36. The molecule has 0 heterocycles. The molecular formula is C22H23NSe. The molecule has 0 spiro atoms. The molecule has 0 bridgehead atoms. The summed E-state index contributed by atoms with van der Waals surface area (Å²) in [5.74, 6) is 0. The van der Waals surface area contributed by atoms with Crippen LogP contribution in [0.3, 0.4) is 0 Å². The van der Waals surface area contributed by atoms with Crippen LogP contribution in [0.15, 0.2) is 91.0 Å². The van der Waals surface area contributed by atoms with Gasteiger partial charge in [-0.15, -0.1) is 0 Å². The molecule has 0 aromatic heterocycles. The topological polar surface area (TPSA) is 12.0 Å². The fourth-order valence-electron chi connectivity index (χ4n) is 2.82. The Balaban J connectivity index is 1.74. The van der Waals surface area contributed by atoms with E-state index in [0.717, 1.165) is 6.54 Å². The molecular weight excluding hydrogens is 357 g/mol. The Morgan fingerprint density at radius 2 is 1.29 bits per heavy atom. The van der Waals surface area contributed by atoms with Gasteiger partial charge in [0.05, 0.1) is 0 Å². The van der Waals surface area contributed by atoms with Gasteiger partial charge in [0, 0.05) is 0 Å². The van der Waals surface area contributed by atoms with E-state index in [9.17, 15) is 0 Å². The maximum atomic E-state index is 3.79. The first-order valence-electron chi connectivity index (χ1n) is 8.37. The Labute approximate surface area is 151 Å². The van der Waals surface area contributed by atoms with Gasteiger partial charge in [0.25, 0.3) is 0 Å². The van der Waals surface area contributed by atoms with E-state index in [1.54, 1.807) is 0 Å². The molecule has 0 aliphatic carbocycles. The number of benzene rings is 3. The molecule has 1 N–H and O–H groups in total. The molecule has 0 aliphatic rings. The Morgan fingerprint density at radius 1 is 0.750 bits per heavy atom. The van der Waals surface area contributed by atoms with Crippen molar-refractivity contribution >= 4 is 19.4 Å². The molecule has 2 atom stereocenters. The summed E-state index contributed by atoms with van der Waals surface area (Å²) in [7, 11) is 0. The summed E-state index contributed by atoms with van der Waals surface area (Å²) >= 11 is 0.436. The SMILES string of the molecule is CC([Se]c1ccccc1)C(NCc1ccccc1)c1ccccc1. The maximum absolute atomic E-state index is 3.79. The van der Waals surface area contributed by atoms with E-state index in [1.807, 2.05) is 0 Å². The first kappa shape index (κ1) is 17.0. The first-order valence-corrected chi connectivity index (χ1v) is 10.2. The van der Waals surface area contributed by atoms with E-state index < -0.39 is 0 Å². The van der Waals surface area contributed by atoms with Crippen molar-refractivity contribution in [2.24, 2.45) is 0 Å². The van der Waals surface area contributed by atoms with Crippen LogP contribution < -0.4 is 9.78 Å². The fraction of sp³-hybridized carbons (Fsp3) is 0.182. The Bertz CT molecular complexity index is 713. The van der Waals surface area contributed by atoms with Gasteiger partial charge in [-0.2, -0.15) is 0 Å². The van der Waals surface area contributed by atoms with E-state index in [4.69, 9.17) is 0 Å². The summed E-state index contributed by atoms with van der Waals surface area (Å²) in [4.78, 5) is 0.575. The molecule has 0 radical (unpaired) electrons. The van der Waals surface area contributed by atoms with Crippen LogP contribution in [0.5, 0.6) is 0 Å². The summed E-state index contributed by atoms with van der Waals surface area (Å²) in [5, 5.41) is 3.79. The van der Waals surface area contributed by atoms with E-state index in [-0.39, 0.29) is 0 Å². The predicted molar refractivity (Wildman–Crippen MR) is 104 cm³/mol. The third-order valence-electron chi connectivity index (χ3n) is 4.06. The first-order chi connectivity index (χ1) is 11.8. The summed E-state index contributed by atoms with van der Waals surface area (Å²) < 4.78 is 1.46. The average molecular weight is 380 g/mol. The second-order valence-corrected chi connectivity index (χ2v) is 8.93. The quantitative estimate of drug-likeness (QED) is 0.601. The van der Waals surface area contributed by atoms with E-state index in [0.29, 0.717) is 25.8 Å². The molecule has 3 aromatic rings. The molecule has 2 heteroatoms. The molecule has 0 amide bonds. The zero-order chi connectivity index (χ0) is 16.6. The van der Waals surface area contributed by atoms with Crippen molar-refractivity contribution in [2.45, 2.75) is 24.3 Å². The van der Waals surface area contributed by atoms with Gasteiger partial charge in [-0.3, -0.25) is 0 Å². The molecule has 0 fully saturated rings. The van der Waals surface area contributed by atoms with Gasteiger partial charge in [0.15, 0.2) is 0 Å². The fourth-order valence-corrected chi connectivity index (χ4v) is 5.20. The van der Waals surface area contributed by atoms with Crippen LogP contribution in [-0.4, -0.2) is 15.0 Å². The molecule has 122 valence electrons. The van der Waals surface area contributed by atoms with Gasteiger partial charge in [-0.25, -0.2) is 0 Å². The van der Waals surface area contributed by atoms with Crippen molar-refractivity contribution < 1.29 is 0 Å². The van der Waals surface area contributed by atoms with Gasteiger partial charge in [-0.1, -0.05) is 0 Å². The second-order valence-electron chi connectivity index (χ2n) is 5.89. The van der Waals surface area contributed by atoms with Crippen LogP contribution in [0.4, 0.5) is 0 Å². The third kappa shape index (κ3) is 4.82. The van der Waals surface area contributed by atoms with E-state index in [2.05, 4.69) is 103 Å². The van der Waals surface area contributed by atoms with Crippen molar-refractivity contribution in [3.8, 4) is 0 Å². The van der Waals surface area contributed by atoms with Crippen LogP contribution in [0.25, 0.3) is 0 Å². The van der Waals surface area contributed by atoms with Crippen LogP contribution in [0.1, 0.15) is 24.1 Å². The Kier molecular flexibility index (Phi) is 6.26. The second kappa shape index (κ2) is 8.84. The minimum atomic E-state index is 0.367. The van der Waals surface area contributed by atoms with Crippen LogP contribution in [0, 0.1) is 0 Å². The van der Waals surface area contributed by atoms with Gasteiger partial charge < -0.3 is 0 Å². The number of hydrogen-bond donors (Lipinski definition) is 1. The molecule has 3 rings (SSSR count). The molecule has 24 heavy (non-hydrogen) atoms. The summed E-state index contributed by atoms with van der Waals surface area (Å²) in [6.07, 6.45) is 0. The zero-order valence-electron chi connectivity index (χ0n) is 13.9. The van der Waals surface area contributed by atoms with Gasteiger partial charge in [0.2, 0.25) is 0 Å². The molecule has 0 saturated heterocycles. The number of nitrogens with one attached hydrogen (secondary N) is 1. The van der Waals surface area contributed by atoms with Gasteiger partial charge in [-0.05, 0) is 0 Å². The third-order valence-corrected chi connectivity index (χ3v) is 6.56. The van der Waals surface area contributed by atoms with E-state index >= 15 is 0 Å². The standard InChI is InChI=1S/C22H23NSe/c1-18(24-21-15-9-4-10-16-21)22(20-13-7-3-8-14-20)23-17-19-11-5-2-6-12-19/h2-16,18,22-23H,17H2,1H3. The van der Waals surface area contributed by atoms with Crippen molar-refractivity contribution in [3.05, 3.63) is 102 Å². The van der Waals surface area contributed by atoms with Crippen molar-refractivity contribution in [3.63, 3.8) is 0 Å². The van der Waals surface area contributed by atoms with Gasteiger partial charge >= 0.3 is 151 Å². The summed E-state index contributed by atoms with van der Waals surface area (Å²) in [6, 6.07) is 32.7. The molecule has 0 saturated carbocycles. The van der Waals surface area contributed by atoms with Crippen LogP contribution >= 0.6 is 0 Å². The molecule has 1 nitrogen and oxygen atoms in total. The molecule has 0 aliphatic heterocycles. The normalized spacial score (nSPS) is 13.4. The molecule has 2 unspecified atom stereocenters. The summed E-state index contributed by atoms with van der Waals surface area (Å²) in [6.45, 7) is 3.26. The van der Waals surface area contributed by atoms with Crippen molar-refractivity contribution in [1.82, 2.24) is 5.32 Å². The Hall–Kier alpha value is -1.86.